The molecule has 0 radical (unpaired) electrons. The zero-order valence-corrected chi connectivity index (χ0v) is 16.9. The molecule has 0 aliphatic rings. The Kier molecular flexibility index (Phi) is 7.81. The second-order valence-corrected chi connectivity index (χ2v) is 6.84. The first kappa shape index (κ1) is 21.7. The Morgan fingerprint density at radius 1 is 0.885 bits per heavy atom. The highest BCUT2D eigenvalue weighted by atomic mass is 127. The van der Waals surface area contributed by atoms with E-state index in [-0.39, 0.29) is 22.5 Å². The molecular formula is C14H9I2N3O7. The van der Waals surface area contributed by atoms with Gasteiger partial charge in [0.05, 0.1) is 22.6 Å². The van der Waals surface area contributed by atoms with Gasteiger partial charge in [0, 0.05) is 17.7 Å². The third-order valence-corrected chi connectivity index (χ3v) is 4.64. The number of carbonyl (C=O) groups excluding carboxylic acids is 1. The lowest BCUT2D eigenvalue weighted by atomic mass is 10.2. The van der Waals surface area contributed by atoms with Crippen LogP contribution < -0.4 is 5.73 Å². The molecule has 0 saturated carbocycles. The first-order chi connectivity index (χ1) is 12.0. The van der Waals surface area contributed by atoms with Crippen molar-refractivity contribution in [2.45, 2.75) is 0 Å². The predicted octanol–water partition coefficient (Wildman–Crippen LogP) is 3.20. The molecule has 1 amide bonds. The van der Waals surface area contributed by atoms with Gasteiger partial charge in [0.25, 0.3) is 11.4 Å². The Balaban J connectivity index is 0.000000260. The SMILES string of the molecule is NC(=O)c1ccc(I)c([N+](=O)[O-])c1.O=C(O)c1ccc(I)c([N+](=O)[O-])c1. The molecule has 0 fully saturated rings. The number of halogens is 2. The number of amides is 1. The van der Waals surface area contributed by atoms with Crippen LogP contribution in [0.3, 0.4) is 0 Å². The smallest absolute Gasteiger partial charge is 0.335 e. The number of carboxylic acids is 1. The molecule has 0 aliphatic carbocycles. The highest BCUT2D eigenvalue weighted by molar-refractivity contribution is 14.1. The third kappa shape index (κ3) is 5.87. The fraction of sp³-hybridized carbons (Fsp3) is 0. The lowest BCUT2D eigenvalue weighted by Crippen LogP contribution is -2.11. The molecule has 0 unspecified atom stereocenters. The van der Waals surface area contributed by atoms with Gasteiger partial charge in [-0.15, -0.1) is 0 Å². The van der Waals surface area contributed by atoms with Crippen LogP contribution in [0.1, 0.15) is 20.7 Å². The minimum Gasteiger partial charge on any atom is -0.478 e. The number of hydrogen-bond acceptors (Lipinski definition) is 6. The minimum absolute atomic E-state index is 0.0767. The van der Waals surface area contributed by atoms with Crippen molar-refractivity contribution >= 4 is 68.4 Å². The molecule has 0 saturated heterocycles. The van der Waals surface area contributed by atoms with Crippen molar-refractivity contribution in [1.82, 2.24) is 0 Å². The van der Waals surface area contributed by atoms with E-state index >= 15 is 0 Å². The maximum absolute atomic E-state index is 10.7. The molecule has 0 spiro atoms. The summed E-state index contributed by atoms with van der Waals surface area (Å²) < 4.78 is 0.903. The molecule has 2 aromatic carbocycles. The van der Waals surface area contributed by atoms with Gasteiger partial charge in [0.2, 0.25) is 5.91 Å². The van der Waals surface area contributed by atoms with Gasteiger partial charge in [-0.1, -0.05) is 0 Å². The number of nitrogens with zero attached hydrogens (tertiary/aromatic N) is 2. The van der Waals surface area contributed by atoms with E-state index in [1.165, 1.54) is 30.3 Å². The summed E-state index contributed by atoms with van der Waals surface area (Å²) in [7, 11) is 0. The second-order valence-electron chi connectivity index (χ2n) is 4.52. The van der Waals surface area contributed by atoms with Gasteiger partial charge in [-0.3, -0.25) is 25.0 Å². The van der Waals surface area contributed by atoms with E-state index in [2.05, 4.69) is 0 Å². The standard InChI is InChI=1S/C7H5IN2O3.C7H4INO4/c8-5-2-1-4(7(9)11)3-6(5)10(12)13;8-5-2-1-4(7(10)11)3-6(5)9(12)13/h1-3H,(H2,9,11);1-3H,(H,10,11). The first-order valence-corrected chi connectivity index (χ1v) is 8.61. The Labute approximate surface area is 173 Å². The second kappa shape index (κ2) is 9.37. The van der Waals surface area contributed by atoms with Crippen LogP contribution in [0.4, 0.5) is 11.4 Å². The number of nitro benzene ring substituents is 2. The van der Waals surface area contributed by atoms with Gasteiger partial charge in [0.1, 0.15) is 0 Å². The summed E-state index contributed by atoms with van der Waals surface area (Å²) in [5.41, 5.74) is 4.76. The van der Waals surface area contributed by atoms with Crippen molar-refractivity contribution < 1.29 is 24.5 Å². The van der Waals surface area contributed by atoms with Crippen molar-refractivity contribution in [3.8, 4) is 0 Å². The molecule has 0 aliphatic heterocycles. The van der Waals surface area contributed by atoms with E-state index in [1.54, 1.807) is 22.6 Å². The highest BCUT2D eigenvalue weighted by Gasteiger charge is 2.15. The van der Waals surface area contributed by atoms with Gasteiger partial charge < -0.3 is 10.8 Å². The zero-order valence-electron chi connectivity index (χ0n) is 12.6. The van der Waals surface area contributed by atoms with Crippen LogP contribution in [0.5, 0.6) is 0 Å². The summed E-state index contributed by atoms with van der Waals surface area (Å²) in [4.78, 5) is 40.8. The Bertz CT molecular complexity index is 829. The molecule has 3 N–H and O–H groups in total. The van der Waals surface area contributed by atoms with E-state index in [0.29, 0.717) is 7.14 Å². The molecule has 2 aromatic rings. The molecule has 10 nitrogen and oxygen atoms in total. The van der Waals surface area contributed by atoms with Crippen LogP contribution in [0.25, 0.3) is 0 Å². The number of benzene rings is 2. The Hall–Kier alpha value is -2.36. The quantitative estimate of drug-likeness (QED) is 0.316. The number of nitro groups is 2. The normalized spacial score (nSPS) is 9.62. The van der Waals surface area contributed by atoms with Gasteiger partial charge in [-0.25, -0.2) is 4.79 Å². The number of aromatic carboxylic acids is 1. The molecule has 12 heteroatoms. The third-order valence-electron chi connectivity index (χ3n) is 2.82. The van der Waals surface area contributed by atoms with E-state index in [9.17, 15) is 29.8 Å². The van der Waals surface area contributed by atoms with Crippen molar-refractivity contribution in [2.24, 2.45) is 5.73 Å². The van der Waals surface area contributed by atoms with Crippen molar-refractivity contribution in [2.75, 3.05) is 0 Å². The first-order valence-electron chi connectivity index (χ1n) is 6.45. The maximum atomic E-state index is 10.7. The van der Waals surface area contributed by atoms with Crippen LogP contribution >= 0.6 is 45.2 Å². The van der Waals surface area contributed by atoms with Gasteiger partial charge in [-0.05, 0) is 69.4 Å². The fourth-order valence-electron chi connectivity index (χ4n) is 1.59. The van der Waals surface area contributed by atoms with E-state index in [1.807, 2.05) is 22.6 Å². The molecule has 2 rings (SSSR count). The molecule has 0 bridgehead atoms. The van der Waals surface area contributed by atoms with Crippen LogP contribution in [-0.2, 0) is 0 Å². The molecule has 0 atom stereocenters. The van der Waals surface area contributed by atoms with Crippen LogP contribution in [0, 0.1) is 27.4 Å². The van der Waals surface area contributed by atoms with Gasteiger partial charge in [-0.2, -0.15) is 0 Å². The van der Waals surface area contributed by atoms with Gasteiger partial charge >= 0.3 is 5.97 Å². The van der Waals surface area contributed by atoms with E-state index in [0.717, 1.165) is 6.07 Å². The number of nitrogens with two attached hydrogens (primary N) is 1. The summed E-state index contributed by atoms with van der Waals surface area (Å²) >= 11 is 3.60. The largest absolute Gasteiger partial charge is 0.478 e. The summed E-state index contributed by atoms with van der Waals surface area (Å²) in [6, 6.07) is 7.89. The summed E-state index contributed by atoms with van der Waals surface area (Å²) in [6.45, 7) is 0. The molecule has 26 heavy (non-hydrogen) atoms. The van der Waals surface area contributed by atoms with Crippen LogP contribution in [0.15, 0.2) is 36.4 Å². The van der Waals surface area contributed by atoms with Crippen molar-refractivity contribution in [3.63, 3.8) is 0 Å². The van der Waals surface area contributed by atoms with Gasteiger partial charge in [0.15, 0.2) is 0 Å². The van der Waals surface area contributed by atoms with E-state index < -0.39 is 21.7 Å². The molecule has 136 valence electrons. The minimum atomic E-state index is -1.17. The monoisotopic (exact) mass is 585 g/mol. The van der Waals surface area contributed by atoms with Crippen LogP contribution in [-0.4, -0.2) is 26.8 Å². The molecule has 0 heterocycles. The summed E-state index contributed by atoms with van der Waals surface area (Å²) in [6.07, 6.45) is 0. The number of carbonyl (C=O) groups is 2. The lowest BCUT2D eigenvalue weighted by Gasteiger charge is -1.97. The maximum Gasteiger partial charge on any atom is 0.335 e. The van der Waals surface area contributed by atoms with Crippen LogP contribution in [0.2, 0.25) is 0 Å². The number of rotatable bonds is 4. The molecule has 0 aromatic heterocycles. The summed E-state index contributed by atoms with van der Waals surface area (Å²) in [5.74, 6) is -1.83. The average Bonchev–Trinajstić information content (AvgIpc) is 2.55. The molecular weight excluding hydrogens is 576 g/mol. The predicted molar refractivity (Wildman–Crippen MR) is 107 cm³/mol. The Morgan fingerprint density at radius 3 is 1.62 bits per heavy atom. The van der Waals surface area contributed by atoms with E-state index in [4.69, 9.17) is 10.8 Å². The number of carboxylic acid groups (broad SMARTS) is 1. The van der Waals surface area contributed by atoms with Crippen molar-refractivity contribution in [3.05, 3.63) is 74.9 Å². The number of primary amides is 1. The number of hydrogen-bond donors (Lipinski definition) is 2. The topological polar surface area (TPSA) is 167 Å². The lowest BCUT2D eigenvalue weighted by molar-refractivity contribution is -0.386. The average molecular weight is 585 g/mol. The van der Waals surface area contributed by atoms with Crippen molar-refractivity contribution in [1.29, 1.82) is 0 Å². The highest BCUT2D eigenvalue weighted by Crippen LogP contribution is 2.22. The fourth-order valence-corrected chi connectivity index (χ4v) is 2.66. The summed E-state index contributed by atoms with van der Waals surface area (Å²) in [5, 5.41) is 29.4. The zero-order chi connectivity index (χ0) is 20.0. The Morgan fingerprint density at radius 2 is 1.27 bits per heavy atom.